The third kappa shape index (κ3) is 5.05. The van der Waals surface area contributed by atoms with E-state index in [1.165, 1.54) is 24.0 Å². The Bertz CT molecular complexity index is 997. The van der Waals surface area contributed by atoms with E-state index in [9.17, 15) is 9.59 Å². The number of aryl methyl sites for hydroxylation is 2. The van der Waals surface area contributed by atoms with Crippen molar-refractivity contribution in [3.63, 3.8) is 0 Å². The maximum atomic E-state index is 13.0. The molecule has 2 aromatic heterocycles. The fraction of sp³-hybridized carbons (Fsp3) is 0.286. The van der Waals surface area contributed by atoms with Crippen molar-refractivity contribution in [1.82, 2.24) is 15.1 Å². The van der Waals surface area contributed by atoms with Crippen LogP contribution in [0.2, 0.25) is 5.15 Å². The molecule has 0 spiro atoms. The number of halogens is 1. The summed E-state index contributed by atoms with van der Waals surface area (Å²) in [6, 6.07) is 11.3. The summed E-state index contributed by atoms with van der Waals surface area (Å²) >= 11 is 7.96. The Balaban J connectivity index is 1.81. The summed E-state index contributed by atoms with van der Waals surface area (Å²) in [5.41, 5.74) is 3.05. The molecule has 6 nitrogen and oxygen atoms in total. The molecule has 0 aliphatic rings. The van der Waals surface area contributed by atoms with Crippen LogP contribution in [0.5, 0.6) is 0 Å². The highest BCUT2D eigenvalue weighted by Gasteiger charge is 2.25. The minimum absolute atomic E-state index is 0.0386. The lowest BCUT2D eigenvalue weighted by molar-refractivity contribution is -0.141. The van der Waals surface area contributed by atoms with Gasteiger partial charge in [0.15, 0.2) is 0 Å². The number of benzene rings is 1. The number of hydrogen-bond acceptors (Lipinski definition) is 5. The maximum absolute atomic E-state index is 13.0. The first kappa shape index (κ1) is 21.1. The smallest absolute Gasteiger partial charge is 0.307 e. The highest BCUT2D eigenvalue weighted by Crippen LogP contribution is 2.26. The molecular weight excluding hydrogens is 410 g/mol. The minimum Gasteiger partial charge on any atom is -0.469 e. The molecule has 1 atom stereocenters. The second-order valence-corrected chi connectivity index (χ2v) is 8.05. The zero-order valence-corrected chi connectivity index (χ0v) is 18.0. The van der Waals surface area contributed by atoms with Crippen molar-refractivity contribution >= 4 is 34.8 Å². The third-order valence-corrected chi connectivity index (χ3v) is 5.91. The molecule has 0 aliphatic carbocycles. The number of amides is 1. The van der Waals surface area contributed by atoms with Gasteiger partial charge in [-0.2, -0.15) is 5.10 Å². The molecule has 0 aliphatic heterocycles. The minimum atomic E-state index is -0.495. The maximum Gasteiger partial charge on any atom is 0.307 e. The average Bonchev–Trinajstić information content (AvgIpc) is 3.31. The molecular formula is C21H22ClN3O3S. The lowest BCUT2D eigenvalue weighted by Crippen LogP contribution is -2.30. The molecule has 1 N–H and O–H groups in total. The van der Waals surface area contributed by atoms with Gasteiger partial charge in [0.1, 0.15) is 5.15 Å². The van der Waals surface area contributed by atoms with E-state index < -0.39 is 12.0 Å². The van der Waals surface area contributed by atoms with E-state index >= 15 is 0 Å². The molecule has 1 unspecified atom stereocenters. The second-order valence-electron chi connectivity index (χ2n) is 6.72. The zero-order chi connectivity index (χ0) is 21.0. The SMILES string of the molecule is COC(=O)CC(NC(=O)c1c(C)nn(Cc2ccc(C)cc2)c1Cl)c1cccs1. The van der Waals surface area contributed by atoms with Gasteiger partial charge >= 0.3 is 5.97 Å². The van der Waals surface area contributed by atoms with Crippen molar-refractivity contribution < 1.29 is 14.3 Å². The number of hydrogen-bond donors (Lipinski definition) is 1. The van der Waals surface area contributed by atoms with Gasteiger partial charge in [-0.25, -0.2) is 4.68 Å². The van der Waals surface area contributed by atoms with Gasteiger partial charge in [-0.1, -0.05) is 47.5 Å². The van der Waals surface area contributed by atoms with Crippen molar-refractivity contribution in [2.45, 2.75) is 32.9 Å². The molecule has 29 heavy (non-hydrogen) atoms. The Morgan fingerprint density at radius 3 is 2.59 bits per heavy atom. The summed E-state index contributed by atoms with van der Waals surface area (Å²) in [7, 11) is 1.33. The van der Waals surface area contributed by atoms with E-state index in [4.69, 9.17) is 16.3 Å². The fourth-order valence-corrected chi connectivity index (χ4v) is 4.07. The van der Waals surface area contributed by atoms with E-state index in [0.717, 1.165) is 10.4 Å². The zero-order valence-electron chi connectivity index (χ0n) is 16.4. The molecule has 0 bridgehead atoms. The van der Waals surface area contributed by atoms with Crippen LogP contribution in [0.25, 0.3) is 0 Å². The molecule has 0 saturated carbocycles. The number of nitrogens with zero attached hydrogens (tertiary/aromatic N) is 2. The van der Waals surface area contributed by atoms with Gasteiger partial charge in [-0.05, 0) is 30.9 Å². The van der Waals surface area contributed by atoms with Crippen molar-refractivity contribution in [3.8, 4) is 0 Å². The Kier molecular flexibility index (Phi) is 6.71. The normalized spacial score (nSPS) is 11.9. The van der Waals surface area contributed by atoms with E-state index in [0.29, 0.717) is 17.8 Å². The fourth-order valence-electron chi connectivity index (χ4n) is 2.98. The number of methoxy groups -OCH3 is 1. The van der Waals surface area contributed by atoms with E-state index in [-0.39, 0.29) is 17.5 Å². The standard InChI is InChI=1S/C21H22ClN3O3S/c1-13-6-8-15(9-7-13)12-25-20(22)19(14(2)24-25)21(27)23-16(11-18(26)28-3)17-5-4-10-29-17/h4-10,16H,11-12H2,1-3H3,(H,23,27). The van der Waals surface area contributed by atoms with Crippen LogP contribution < -0.4 is 5.32 Å². The lowest BCUT2D eigenvalue weighted by Gasteiger charge is -2.16. The van der Waals surface area contributed by atoms with E-state index in [1.807, 2.05) is 48.7 Å². The molecule has 2 heterocycles. The van der Waals surface area contributed by atoms with Crippen LogP contribution in [0, 0.1) is 13.8 Å². The molecule has 1 amide bonds. The molecule has 0 fully saturated rings. The first-order valence-corrected chi connectivity index (χ1v) is 10.3. The van der Waals surface area contributed by atoms with Crippen LogP contribution in [0.15, 0.2) is 41.8 Å². The van der Waals surface area contributed by atoms with Gasteiger partial charge in [0.25, 0.3) is 5.91 Å². The number of aromatic nitrogens is 2. The van der Waals surface area contributed by atoms with Crippen molar-refractivity contribution in [2.24, 2.45) is 0 Å². The van der Waals surface area contributed by atoms with Gasteiger partial charge in [0.05, 0.1) is 37.4 Å². The monoisotopic (exact) mass is 431 g/mol. The topological polar surface area (TPSA) is 73.2 Å². The quantitative estimate of drug-likeness (QED) is 0.566. The highest BCUT2D eigenvalue weighted by atomic mass is 35.5. The number of thiophene rings is 1. The summed E-state index contributed by atoms with van der Waals surface area (Å²) in [4.78, 5) is 25.6. The number of carbonyl (C=O) groups excluding carboxylic acids is 2. The van der Waals surface area contributed by atoms with Gasteiger partial charge < -0.3 is 10.1 Å². The molecule has 3 rings (SSSR count). The first-order chi connectivity index (χ1) is 13.9. The molecule has 152 valence electrons. The first-order valence-electron chi connectivity index (χ1n) is 9.08. The number of ether oxygens (including phenoxy) is 1. The van der Waals surface area contributed by atoms with Crippen LogP contribution in [0.3, 0.4) is 0 Å². The number of carbonyl (C=O) groups is 2. The Morgan fingerprint density at radius 2 is 1.97 bits per heavy atom. The van der Waals surface area contributed by atoms with Gasteiger partial charge in [-0.3, -0.25) is 9.59 Å². The third-order valence-electron chi connectivity index (χ3n) is 4.54. The Hall–Kier alpha value is -2.64. The number of nitrogens with one attached hydrogen (secondary N) is 1. The average molecular weight is 432 g/mol. The number of rotatable bonds is 7. The molecule has 3 aromatic rings. The van der Waals surface area contributed by atoms with Crippen molar-refractivity contribution in [2.75, 3.05) is 7.11 Å². The lowest BCUT2D eigenvalue weighted by atomic mass is 10.1. The highest BCUT2D eigenvalue weighted by molar-refractivity contribution is 7.10. The van der Waals surface area contributed by atoms with Crippen LogP contribution in [0.4, 0.5) is 0 Å². The van der Waals surface area contributed by atoms with Crippen molar-refractivity contribution in [1.29, 1.82) is 0 Å². The van der Waals surface area contributed by atoms with E-state index in [1.54, 1.807) is 11.6 Å². The Morgan fingerprint density at radius 1 is 1.24 bits per heavy atom. The van der Waals surface area contributed by atoms with Crippen LogP contribution in [-0.2, 0) is 16.1 Å². The van der Waals surface area contributed by atoms with Gasteiger partial charge in [0.2, 0.25) is 0 Å². The van der Waals surface area contributed by atoms with Crippen LogP contribution in [0.1, 0.15) is 44.5 Å². The molecule has 0 saturated heterocycles. The summed E-state index contributed by atoms with van der Waals surface area (Å²) in [5.74, 6) is -0.772. The summed E-state index contributed by atoms with van der Waals surface area (Å²) in [6.45, 7) is 4.23. The molecule has 0 radical (unpaired) electrons. The second kappa shape index (κ2) is 9.24. The van der Waals surface area contributed by atoms with Crippen LogP contribution >= 0.6 is 22.9 Å². The summed E-state index contributed by atoms with van der Waals surface area (Å²) in [5, 5.41) is 9.49. The van der Waals surface area contributed by atoms with Crippen LogP contribution in [-0.4, -0.2) is 28.8 Å². The van der Waals surface area contributed by atoms with Gasteiger partial charge in [-0.15, -0.1) is 11.3 Å². The number of esters is 1. The summed E-state index contributed by atoms with van der Waals surface area (Å²) < 4.78 is 6.37. The predicted molar refractivity (Wildman–Crippen MR) is 113 cm³/mol. The van der Waals surface area contributed by atoms with Crippen molar-refractivity contribution in [3.05, 3.63) is 74.2 Å². The summed E-state index contributed by atoms with van der Waals surface area (Å²) in [6.07, 6.45) is 0.0386. The molecule has 8 heteroatoms. The Labute approximate surface area is 178 Å². The molecule has 1 aromatic carbocycles. The largest absolute Gasteiger partial charge is 0.469 e. The van der Waals surface area contributed by atoms with E-state index in [2.05, 4.69) is 10.4 Å². The van der Waals surface area contributed by atoms with Gasteiger partial charge in [0, 0.05) is 4.88 Å². The predicted octanol–water partition coefficient (Wildman–Crippen LogP) is 4.30.